The Kier molecular flexibility index (Phi) is 6.15. The number of alkyl halides is 3. The smallest absolute Gasteiger partial charge is 0.309 e. The number of carbonyl (C=O) groups excluding carboxylic acids is 1. The number of rotatable bonds is 4. The first-order chi connectivity index (χ1) is 18.1. The fourth-order valence-electron chi connectivity index (χ4n) is 5.23. The molecule has 1 aromatic heterocycles. The molecule has 0 saturated heterocycles. The number of nitro benzene ring substituents is 1. The molecule has 0 bridgehead atoms. The number of hydrogen-bond donors (Lipinski definition) is 0. The van der Waals surface area contributed by atoms with Crippen molar-refractivity contribution in [2.24, 2.45) is 0 Å². The van der Waals surface area contributed by atoms with Gasteiger partial charge >= 0.3 is 6.18 Å². The molecule has 0 spiro atoms. The molecule has 0 N–H and O–H groups in total. The number of allylic oxidation sites excluding steroid dienone is 3. The van der Waals surface area contributed by atoms with Crippen LogP contribution in [0.2, 0.25) is 0 Å². The molecule has 0 amide bonds. The van der Waals surface area contributed by atoms with Gasteiger partial charge < -0.3 is 4.57 Å². The van der Waals surface area contributed by atoms with Crippen LogP contribution in [0.3, 0.4) is 0 Å². The van der Waals surface area contributed by atoms with Crippen molar-refractivity contribution in [3.63, 3.8) is 0 Å². The zero-order valence-electron chi connectivity index (χ0n) is 20.2. The van der Waals surface area contributed by atoms with Crippen LogP contribution in [0.25, 0.3) is 5.82 Å². The molecule has 2 heterocycles. The molecule has 0 unspecified atom stereocenters. The van der Waals surface area contributed by atoms with Crippen molar-refractivity contribution in [3.05, 3.63) is 111 Å². The summed E-state index contributed by atoms with van der Waals surface area (Å²) in [5, 5.41) is 22.6. The van der Waals surface area contributed by atoms with Gasteiger partial charge in [0.25, 0.3) is 5.69 Å². The number of anilines is 1. The summed E-state index contributed by atoms with van der Waals surface area (Å²) in [7, 11) is 0. The predicted octanol–water partition coefficient (Wildman–Crippen LogP) is 6.73. The highest BCUT2D eigenvalue weighted by Crippen LogP contribution is 2.50. The van der Waals surface area contributed by atoms with Crippen LogP contribution in [-0.2, 0) is 11.0 Å². The number of Topliss-reactive ketones (excluding diaryl/α,β-unsaturated/α-hetero) is 1. The molecule has 0 saturated carbocycles. The molecule has 10 heteroatoms. The van der Waals surface area contributed by atoms with E-state index in [1.54, 1.807) is 53.0 Å². The van der Waals surface area contributed by atoms with Gasteiger partial charge in [-0.05, 0) is 55.2 Å². The van der Waals surface area contributed by atoms with Crippen LogP contribution < -0.4 is 4.90 Å². The zero-order chi connectivity index (χ0) is 27.2. The molecule has 2 aliphatic rings. The standard InChI is InChI=1S/C28H21F3N4O3/c1-17-10-11-21(23(14-17)35(37)38)34-22-8-5-9-24(36)26(22)25(18-6-4-7-19(15-18)28(29,30)31)20(16-32)27(34)33-12-2-3-13-33/h2-4,6-7,10-15,25H,5,8-9H2,1H3/t25-/m0/s1. The lowest BCUT2D eigenvalue weighted by atomic mass is 9.75. The maximum absolute atomic E-state index is 13.6. The SMILES string of the molecule is Cc1ccc(N2C3=C(C(=O)CCC3)[C@@H](c3cccc(C(F)(F)F)c3)C(C#N)=C2n2cccc2)c([N+](=O)[O-])c1. The second-order valence-electron chi connectivity index (χ2n) is 9.22. The van der Waals surface area contributed by atoms with Crippen LogP contribution >= 0.6 is 0 Å². The van der Waals surface area contributed by atoms with Crippen molar-refractivity contribution in [2.45, 2.75) is 38.3 Å². The van der Waals surface area contributed by atoms with Crippen molar-refractivity contribution < 1.29 is 22.9 Å². The number of hydrogen-bond acceptors (Lipinski definition) is 5. The number of aromatic nitrogens is 1. The molecule has 1 aliphatic heterocycles. The summed E-state index contributed by atoms with van der Waals surface area (Å²) in [6.07, 6.45) is -0.338. The second-order valence-corrected chi connectivity index (χ2v) is 9.22. The Balaban J connectivity index is 1.87. The number of benzene rings is 2. The van der Waals surface area contributed by atoms with E-state index in [9.17, 15) is 33.3 Å². The van der Waals surface area contributed by atoms with Crippen LogP contribution in [-0.4, -0.2) is 15.3 Å². The largest absolute Gasteiger partial charge is 0.416 e. The Morgan fingerprint density at radius 1 is 1.08 bits per heavy atom. The highest BCUT2D eigenvalue weighted by atomic mass is 19.4. The fourth-order valence-corrected chi connectivity index (χ4v) is 5.23. The molecule has 0 fully saturated rings. The number of nitriles is 1. The van der Waals surface area contributed by atoms with Gasteiger partial charge in [-0.1, -0.05) is 24.3 Å². The van der Waals surface area contributed by atoms with Gasteiger partial charge in [0, 0.05) is 36.2 Å². The Bertz CT molecular complexity index is 1560. The molecule has 2 aromatic carbocycles. The van der Waals surface area contributed by atoms with Gasteiger partial charge in [-0.15, -0.1) is 0 Å². The monoisotopic (exact) mass is 518 g/mol. The van der Waals surface area contributed by atoms with E-state index >= 15 is 0 Å². The minimum absolute atomic E-state index is 0.0180. The lowest BCUT2D eigenvalue weighted by Gasteiger charge is -2.41. The van der Waals surface area contributed by atoms with Crippen LogP contribution in [0.4, 0.5) is 24.5 Å². The van der Waals surface area contributed by atoms with Crippen molar-refractivity contribution in [2.75, 3.05) is 4.90 Å². The van der Waals surface area contributed by atoms with Gasteiger partial charge in [0.05, 0.1) is 28.0 Å². The van der Waals surface area contributed by atoms with Gasteiger partial charge in [-0.3, -0.25) is 19.8 Å². The number of nitro groups is 1. The molecular weight excluding hydrogens is 497 g/mol. The van der Waals surface area contributed by atoms with Gasteiger partial charge in [-0.25, -0.2) is 0 Å². The lowest BCUT2D eigenvalue weighted by molar-refractivity contribution is -0.384. The molecule has 1 atom stereocenters. The summed E-state index contributed by atoms with van der Waals surface area (Å²) in [6, 6.07) is 14.9. The molecule has 192 valence electrons. The third-order valence-corrected chi connectivity index (χ3v) is 6.81. The van der Waals surface area contributed by atoms with Gasteiger partial charge in [0.2, 0.25) is 0 Å². The number of ketones is 1. The molecule has 1 aliphatic carbocycles. The first kappa shape index (κ1) is 25.0. The van der Waals surface area contributed by atoms with E-state index in [0.717, 1.165) is 12.1 Å². The minimum Gasteiger partial charge on any atom is -0.309 e. The Morgan fingerprint density at radius 2 is 1.82 bits per heavy atom. The summed E-state index contributed by atoms with van der Waals surface area (Å²) in [5.41, 5.74) is 0.524. The molecule has 5 rings (SSSR count). The van der Waals surface area contributed by atoms with E-state index in [2.05, 4.69) is 6.07 Å². The number of carbonyl (C=O) groups is 1. The number of halogens is 3. The normalized spacial score (nSPS) is 17.9. The van der Waals surface area contributed by atoms with Gasteiger partial charge in [-0.2, -0.15) is 18.4 Å². The van der Waals surface area contributed by atoms with E-state index in [0.29, 0.717) is 24.1 Å². The lowest BCUT2D eigenvalue weighted by Crippen LogP contribution is -2.37. The quantitative estimate of drug-likeness (QED) is 0.282. The third kappa shape index (κ3) is 4.16. The Labute approximate surface area is 215 Å². The van der Waals surface area contributed by atoms with Crippen LogP contribution in [0.1, 0.15) is 41.9 Å². The Hall–Kier alpha value is -4.65. The highest BCUT2D eigenvalue weighted by Gasteiger charge is 2.43. The molecule has 3 aromatic rings. The predicted molar refractivity (Wildman–Crippen MR) is 134 cm³/mol. The summed E-state index contributed by atoms with van der Waals surface area (Å²) in [6.45, 7) is 1.72. The van der Waals surface area contributed by atoms with Gasteiger partial charge in [0.15, 0.2) is 5.78 Å². The summed E-state index contributed by atoms with van der Waals surface area (Å²) in [5.74, 6) is -1.13. The van der Waals surface area contributed by atoms with E-state index < -0.39 is 22.6 Å². The fraction of sp³-hybridized carbons (Fsp3) is 0.214. The van der Waals surface area contributed by atoms with Crippen molar-refractivity contribution in [1.82, 2.24) is 4.57 Å². The van der Waals surface area contributed by atoms with Crippen LogP contribution in [0.5, 0.6) is 0 Å². The van der Waals surface area contributed by atoms with E-state index in [1.165, 1.54) is 18.2 Å². The van der Waals surface area contributed by atoms with E-state index in [4.69, 9.17) is 0 Å². The average Bonchev–Trinajstić information content (AvgIpc) is 3.42. The maximum Gasteiger partial charge on any atom is 0.416 e. The average molecular weight is 518 g/mol. The summed E-state index contributed by atoms with van der Waals surface area (Å²) in [4.78, 5) is 26.6. The summed E-state index contributed by atoms with van der Waals surface area (Å²) >= 11 is 0. The molecular formula is C28H21F3N4O3. The van der Waals surface area contributed by atoms with Gasteiger partial charge in [0.1, 0.15) is 11.5 Å². The number of nitrogens with zero attached hydrogens (tertiary/aromatic N) is 4. The second kappa shape index (κ2) is 9.34. The van der Waals surface area contributed by atoms with Crippen molar-refractivity contribution in [3.8, 4) is 6.07 Å². The Morgan fingerprint density at radius 3 is 2.47 bits per heavy atom. The van der Waals surface area contributed by atoms with Crippen molar-refractivity contribution in [1.29, 1.82) is 5.26 Å². The summed E-state index contributed by atoms with van der Waals surface area (Å²) < 4.78 is 42.5. The minimum atomic E-state index is -4.62. The zero-order valence-corrected chi connectivity index (χ0v) is 20.2. The highest BCUT2D eigenvalue weighted by molar-refractivity contribution is 6.03. The maximum atomic E-state index is 13.6. The van der Waals surface area contributed by atoms with E-state index in [-0.39, 0.29) is 46.1 Å². The first-order valence-corrected chi connectivity index (χ1v) is 11.9. The third-order valence-electron chi connectivity index (χ3n) is 6.81. The van der Waals surface area contributed by atoms with Crippen LogP contribution in [0.15, 0.2) is 83.8 Å². The van der Waals surface area contributed by atoms with Crippen LogP contribution in [0, 0.1) is 28.4 Å². The molecule has 38 heavy (non-hydrogen) atoms. The topological polar surface area (TPSA) is 92.2 Å². The van der Waals surface area contributed by atoms with Crippen molar-refractivity contribution >= 4 is 23.0 Å². The first-order valence-electron chi connectivity index (χ1n) is 11.9. The number of aryl methyl sites for hydroxylation is 1. The molecule has 7 nitrogen and oxygen atoms in total. The molecule has 0 radical (unpaired) electrons. The van der Waals surface area contributed by atoms with E-state index in [1.807, 2.05) is 0 Å².